The molecule has 0 bridgehead atoms. The minimum absolute atomic E-state index is 0.107. The van der Waals surface area contributed by atoms with Crippen molar-refractivity contribution in [3.63, 3.8) is 0 Å². The number of hydrogen-bond acceptors (Lipinski definition) is 4. The summed E-state index contributed by atoms with van der Waals surface area (Å²) < 4.78 is 5.17. The molecule has 5 heteroatoms. The SMILES string of the molecule is CC(=O)Nc1cc(C(C)=O)ccc1/C=C/C(=O)OCc1ccccc1. The molecule has 0 fully saturated rings. The lowest BCUT2D eigenvalue weighted by molar-refractivity contribution is -0.138. The number of carbonyl (C=O) groups excluding carboxylic acids is 3. The minimum Gasteiger partial charge on any atom is -0.458 e. The number of nitrogens with one attached hydrogen (secondary N) is 1. The first-order valence-corrected chi connectivity index (χ1v) is 7.77. The monoisotopic (exact) mass is 337 g/mol. The zero-order valence-electron chi connectivity index (χ0n) is 14.1. The Bertz CT molecular complexity index is 810. The molecule has 0 aliphatic rings. The summed E-state index contributed by atoms with van der Waals surface area (Å²) in [6, 6.07) is 14.3. The number of carbonyl (C=O) groups is 3. The standard InChI is InChI=1S/C20H19NO4/c1-14(22)18-9-8-17(19(12-18)21-15(2)23)10-11-20(24)25-13-16-6-4-3-5-7-16/h3-12H,13H2,1-2H3,(H,21,23)/b11-10+. The fourth-order valence-electron chi connectivity index (χ4n) is 2.15. The van der Waals surface area contributed by atoms with E-state index in [1.165, 1.54) is 19.9 Å². The van der Waals surface area contributed by atoms with E-state index < -0.39 is 5.97 Å². The zero-order valence-corrected chi connectivity index (χ0v) is 14.1. The lowest BCUT2D eigenvalue weighted by Gasteiger charge is -2.08. The fraction of sp³-hybridized carbons (Fsp3) is 0.150. The van der Waals surface area contributed by atoms with Crippen molar-refractivity contribution in [2.75, 3.05) is 5.32 Å². The van der Waals surface area contributed by atoms with Crippen LogP contribution in [0.25, 0.3) is 6.08 Å². The van der Waals surface area contributed by atoms with Crippen molar-refractivity contribution in [3.05, 3.63) is 71.3 Å². The van der Waals surface area contributed by atoms with Gasteiger partial charge in [-0.25, -0.2) is 4.79 Å². The Balaban J connectivity index is 2.09. The quantitative estimate of drug-likeness (QED) is 0.496. The van der Waals surface area contributed by atoms with Gasteiger partial charge in [0.2, 0.25) is 5.91 Å². The molecular formula is C20H19NO4. The first-order valence-electron chi connectivity index (χ1n) is 7.77. The second kappa shape index (κ2) is 8.59. The summed E-state index contributed by atoms with van der Waals surface area (Å²) in [4.78, 5) is 34.7. The highest BCUT2D eigenvalue weighted by molar-refractivity contribution is 5.99. The van der Waals surface area contributed by atoms with Gasteiger partial charge in [-0.05, 0) is 30.2 Å². The first kappa shape index (κ1) is 18.1. The van der Waals surface area contributed by atoms with E-state index in [1.807, 2.05) is 30.3 Å². The molecule has 2 aromatic carbocycles. The maximum absolute atomic E-state index is 11.8. The molecule has 0 radical (unpaired) electrons. The molecule has 0 aliphatic heterocycles. The van der Waals surface area contributed by atoms with Gasteiger partial charge in [0, 0.05) is 24.3 Å². The molecular weight excluding hydrogens is 318 g/mol. The number of hydrogen-bond donors (Lipinski definition) is 1. The number of Topliss-reactive ketones (excluding diaryl/α,β-unsaturated/α-hetero) is 1. The van der Waals surface area contributed by atoms with Crippen LogP contribution in [0.4, 0.5) is 5.69 Å². The van der Waals surface area contributed by atoms with Crippen LogP contribution in [0.3, 0.4) is 0 Å². The van der Waals surface area contributed by atoms with E-state index in [9.17, 15) is 14.4 Å². The van der Waals surface area contributed by atoms with Crippen LogP contribution in [0, 0.1) is 0 Å². The maximum Gasteiger partial charge on any atom is 0.331 e. The molecule has 0 unspecified atom stereocenters. The van der Waals surface area contributed by atoms with Crippen molar-refractivity contribution in [1.29, 1.82) is 0 Å². The van der Waals surface area contributed by atoms with Gasteiger partial charge >= 0.3 is 5.97 Å². The average molecular weight is 337 g/mol. The van der Waals surface area contributed by atoms with Gasteiger partial charge in [-0.2, -0.15) is 0 Å². The second-order valence-corrected chi connectivity index (χ2v) is 5.47. The molecule has 1 N–H and O–H groups in total. The summed E-state index contributed by atoms with van der Waals surface area (Å²) in [5.41, 5.74) is 2.45. The maximum atomic E-state index is 11.8. The smallest absolute Gasteiger partial charge is 0.331 e. The van der Waals surface area contributed by atoms with Gasteiger partial charge in [0.1, 0.15) is 6.61 Å². The van der Waals surface area contributed by atoms with E-state index in [0.29, 0.717) is 16.8 Å². The van der Waals surface area contributed by atoms with E-state index in [4.69, 9.17) is 4.74 Å². The Morgan fingerprint density at radius 2 is 1.76 bits per heavy atom. The van der Waals surface area contributed by atoms with Crippen molar-refractivity contribution < 1.29 is 19.1 Å². The lowest BCUT2D eigenvalue weighted by Crippen LogP contribution is -2.08. The van der Waals surface area contributed by atoms with Gasteiger partial charge in [0.25, 0.3) is 0 Å². The summed E-state index contributed by atoms with van der Waals surface area (Å²) >= 11 is 0. The molecule has 2 rings (SSSR count). The molecule has 128 valence electrons. The van der Waals surface area contributed by atoms with Gasteiger partial charge in [-0.15, -0.1) is 0 Å². The van der Waals surface area contributed by atoms with Gasteiger partial charge in [0.05, 0.1) is 0 Å². The molecule has 2 aromatic rings. The molecule has 0 spiro atoms. The molecule has 25 heavy (non-hydrogen) atoms. The third-order valence-electron chi connectivity index (χ3n) is 3.39. The Morgan fingerprint density at radius 3 is 2.40 bits per heavy atom. The third kappa shape index (κ3) is 5.73. The van der Waals surface area contributed by atoms with Crippen molar-refractivity contribution in [2.45, 2.75) is 20.5 Å². The summed E-state index contributed by atoms with van der Waals surface area (Å²) in [7, 11) is 0. The van der Waals surface area contributed by atoms with Crippen molar-refractivity contribution >= 4 is 29.4 Å². The number of benzene rings is 2. The molecule has 0 aliphatic carbocycles. The Hall–Kier alpha value is -3.21. The van der Waals surface area contributed by atoms with E-state index in [2.05, 4.69) is 5.32 Å². The van der Waals surface area contributed by atoms with Crippen molar-refractivity contribution in [3.8, 4) is 0 Å². The summed E-state index contributed by atoms with van der Waals surface area (Å²) in [6.45, 7) is 3.01. The number of ether oxygens (including phenoxy) is 1. The number of esters is 1. The van der Waals surface area contributed by atoms with Crippen molar-refractivity contribution in [1.82, 2.24) is 0 Å². The van der Waals surface area contributed by atoms with Crippen LogP contribution in [0.1, 0.15) is 35.3 Å². The average Bonchev–Trinajstić information content (AvgIpc) is 2.59. The number of ketones is 1. The minimum atomic E-state index is -0.492. The highest BCUT2D eigenvalue weighted by Gasteiger charge is 2.07. The van der Waals surface area contributed by atoms with Gasteiger partial charge in [-0.1, -0.05) is 42.5 Å². The summed E-state index contributed by atoms with van der Waals surface area (Å²) in [5, 5.41) is 2.66. The van der Waals surface area contributed by atoms with E-state index in [-0.39, 0.29) is 18.3 Å². The van der Waals surface area contributed by atoms with Crippen LogP contribution in [0.2, 0.25) is 0 Å². The van der Waals surface area contributed by atoms with Crippen LogP contribution in [-0.2, 0) is 20.9 Å². The number of amides is 1. The highest BCUT2D eigenvalue weighted by Crippen LogP contribution is 2.20. The lowest BCUT2D eigenvalue weighted by atomic mass is 10.1. The second-order valence-electron chi connectivity index (χ2n) is 5.47. The topological polar surface area (TPSA) is 72.5 Å². The predicted octanol–water partition coefficient (Wildman–Crippen LogP) is 3.60. The zero-order chi connectivity index (χ0) is 18.2. The molecule has 0 saturated heterocycles. The van der Waals surface area contributed by atoms with Crippen LogP contribution in [0.5, 0.6) is 0 Å². The molecule has 0 aromatic heterocycles. The van der Waals surface area contributed by atoms with Crippen LogP contribution < -0.4 is 5.32 Å². The van der Waals surface area contributed by atoms with Crippen LogP contribution in [-0.4, -0.2) is 17.7 Å². The molecule has 0 atom stereocenters. The van der Waals surface area contributed by atoms with Gasteiger partial charge in [0.15, 0.2) is 5.78 Å². The molecule has 0 saturated carbocycles. The Kier molecular flexibility index (Phi) is 6.23. The van der Waals surface area contributed by atoms with Gasteiger partial charge < -0.3 is 10.1 Å². The predicted molar refractivity (Wildman–Crippen MR) is 96.0 cm³/mol. The van der Waals surface area contributed by atoms with Crippen molar-refractivity contribution in [2.24, 2.45) is 0 Å². The summed E-state index contributed by atoms with van der Waals surface area (Å²) in [5.74, 6) is -0.861. The van der Waals surface area contributed by atoms with E-state index in [0.717, 1.165) is 5.56 Å². The normalized spacial score (nSPS) is 10.5. The van der Waals surface area contributed by atoms with E-state index >= 15 is 0 Å². The Morgan fingerprint density at radius 1 is 1.04 bits per heavy atom. The number of anilines is 1. The summed E-state index contributed by atoms with van der Waals surface area (Å²) in [6.07, 6.45) is 2.83. The van der Waals surface area contributed by atoms with Crippen LogP contribution >= 0.6 is 0 Å². The highest BCUT2D eigenvalue weighted by atomic mass is 16.5. The van der Waals surface area contributed by atoms with Crippen LogP contribution in [0.15, 0.2) is 54.6 Å². The largest absolute Gasteiger partial charge is 0.458 e. The van der Waals surface area contributed by atoms with Gasteiger partial charge in [-0.3, -0.25) is 9.59 Å². The molecule has 0 heterocycles. The number of rotatable bonds is 6. The third-order valence-corrected chi connectivity index (χ3v) is 3.39. The Labute approximate surface area is 146 Å². The fourth-order valence-corrected chi connectivity index (χ4v) is 2.15. The molecule has 5 nitrogen and oxygen atoms in total. The molecule has 1 amide bonds. The first-order chi connectivity index (χ1) is 12.0. The van der Waals surface area contributed by atoms with E-state index in [1.54, 1.807) is 24.3 Å².